The molecule has 7 heteroatoms. The summed E-state index contributed by atoms with van der Waals surface area (Å²) in [5, 5.41) is 6.37. The number of rotatable bonds is 5. The minimum absolute atomic E-state index is 0.811. The van der Waals surface area contributed by atoms with E-state index in [1.54, 1.807) is 11.3 Å². The first-order chi connectivity index (χ1) is 16.8. The van der Waals surface area contributed by atoms with Crippen LogP contribution in [0, 0.1) is 19.8 Å². The van der Waals surface area contributed by atoms with Crippen molar-refractivity contribution in [2.24, 2.45) is 5.92 Å². The second-order valence-corrected chi connectivity index (χ2v) is 10.7. The van der Waals surface area contributed by atoms with E-state index in [9.17, 15) is 0 Å². The summed E-state index contributed by atoms with van der Waals surface area (Å²) in [5.41, 5.74) is 7.67. The summed E-state index contributed by atoms with van der Waals surface area (Å²) >= 11 is 1.59. The van der Waals surface area contributed by atoms with Crippen molar-refractivity contribution < 1.29 is 0 Å². The van der Waals surface area contributed by atoms with E-state index in [2.05, 4.69) is 98.2 Å². The largest absolute Gasteiger partial charge is 0.369 e. The van der Waals surface area contributed by atoms with Crippen LogP contribution in [-0.2, 0) is 0 Å². The van der Waals surface area contributed by atoms with Gasteiger partial charge in [-0.25, -0.2) is 9.97 Å². The van der Waals surface area contributed by atoms with E-state index in [0.717, 1.165) is 65.5 Å². The fourth-order valence-electron chi connectivity index (χ4n) is 3.81. The molecule has 4 aromatic rings. The van der Waals surface area contributed by atoms with E-state index >= 15 is 0 Å². The molecule has 35 heavy (non-hydrogen) atoms. The van der Waals surface area contributed by atoms with Gasteiger partial charge >= 0.3 is 0 Å². The number of nitrogens with one attached hydrogen (secondary N) is 2. The number of anilines is 3. The third kappa shape index (κ3) is 6.41. The van der Waals surface area contributed by atoms with Crippen LogP contribution in [-0.4, -0.2) is 53.1 Å². The molecule has 0 aliphatic carbocycles. The van der Waals surface area contributed by atoms with Gasteiger partial charge in [0.05, 0.1) is 11.0 Å². The van der Waals surface area contributed by atoms with Gasteiger partial charge in [0.1, 0.15) is 5.69 Å². The summed E-state index contributed by atoms with van der Waals surface area (Å²) in [6.45, 7) is 15.2. The van der Waals surface area contributed by atoms with E-state index in [4.69, 9.17) is 9.97 Å². The molecule has 2 aromatic carbocycles. The molecule has 1 fully saturated rings. The van der Waals surface area contributed by atoms with Gasteiger partial charge in [0.25, 0.3) is 0 Å². The number of aromatic nitrogens is 3. The maximum atomic E-state index is 4.77. The van der Waals surface area contributed by atoms with Gasteiger partial charge < -0.3 is 20.1 Å². The number of benzene rings is 2. The molecule has 0 spiro atoms. The number of thiazole rings is 1. The van der Waals surface area contributed by atoms with Gasteiger partial charge in [-0.1, -0.05) is 39.3 Å². The van der Waals surface area contributed by atoms with Gasteiger partial charge in [-0.15, -0.1) is 11.3 Å². The molecule has 6 nitrogen and oxygen atoms in total. The van der Waals surface area contributed by atoms with Crippen LogP contribution in [0.5, 0.6) is 0 Å². The number of fused-ring (bicyclic) bond motifs is 1. The zero-order valence-corrected chi connectivity index (χ0v) is 22.7. The number of piperazine rings is 1. The van der Waals surface area contributed by atoms with E-state index in [0.29, 0.717) is 0 Å². The summed E-state index contributed by atoms with van der Waals surface area (Å²) in [6, 6.07) is 12.9. The lowest BCUT2D eigenvalue weighted by Gasteiger charge is -2.34. The number of aryl methyl sites for hydroxylation is 2. The van der Waals surface area contributed by atoms with Crippen LogP contribution < -0.4 is 10.2 Å². The Labute approximate surface area is 213 Å². The highest BCUT2D eigenvalue weighted by molar-refractivity contribution is 7.14. The Kier molecular flexibility index (Phi) is 8.08. The molecule has 1 aliphatic rings. The molecule has 2 N–H and O–H groups in total. The number of imidazole rings is 1. The fourth-order valence-corrected chi connectivity index (χ4v) is 4.51. The summed E-state index contributed by atoms with van der Waals surface area (Å²) in [5.74, 6) is 1.70. The number of aromatic amines is 1. The summed E-state index contributed by atoms with van der Waals surface area (Å²) in [7, 11) is 2.18. The Morgan fingerprint density at radius 2 is 1.77 bits per heavy atom. The molecule has 0 unspecified atom stereocenters. The van der Waals surface area contributed by atoms with Crippen LogP contribution in [0.1, 0.15) is 38.3 Å². The van der Waals surface area contributed by atoms with Gasteiger partial charge in [-0.2, -0.15) is 0 Å². The van der Waals surface area contributed by atoms with Gasteiger partial charge in [-0.3, -0.25) is 0 Å². The van der Waals surface area contributed by atoms with Crippen molar-refractivity contribution in [3.8, 4) is 11.5 Å². The topological polar surface area (TPSA) is 60.1 Å². The van der Waals surface area contributed by atoms with Crippen LogP contribution in [0.4, 0.5) is 16.5 Å². The Bertz CT molecular complexity index is 1250. The Morgan fingerprint density at radius 1 is 1.03 bits per heavy atom. The lowest BCUT2D eigenvalue weighted by molar-refractivity contribution is 0.313. The predicted octanol–water partition coefficient (Wildman–Crippen LogP) is 6.85. The van der Waals surface area contributed by atoms with Crippen LogP contribution in [0.2, 0.25) is 0 Å². The Hall–Kier alpha value is -2.90. The van der Waals surface area contributed by atoms with E-state index in [1.807, 2.05) is 5.38 Å². The first-order valence-electron chi connectivity index (χ1n) is 12.6. The molecule has 1 aliphatic heterocycles. The zero-order chi connectivity index (χ0) is 24.9. The monoisotopic (exact) mass is 490 g/mol. The van der Waals surface area contributed by atoms with Crippen molar-refractivity contribution >= 4 is 38.9 Å². The van der Waals surface area contributed by atoms with Crippen molar-refractivity contribution in [2.45, 2.75) is 41.0 Å². The SMILES string of the molecule is CCC(C)C.Cc1ccc(C)c(Nc2nc(-c3nc4ccc(N5CCN(C)CC5)cc4[nH]3)cs2)c1. The van der Waals surface area contributed by atoms with Gasteiger partial charge in [0.2, 0.25) is 0 Å². The maximum absolute atomic E-state index is 4.77. The molecule has 0 bridgehead atoms. The number of likely N-dealkylation sites (N-methyl/N-ethyl adjacent to an activating group) is 1. The molecule has 2 aromatic heterocycles. The van der Waals surface area contributed by atoms with E-state index < -0.39 is 0 Å². The quantitative estimate of drug-likeness (QED) is 0.320. The second kappa shape index (κ2) is 11.2. The second-order valence-electron chi connectivity index (χ2n) is 9.86. The molecule has 0 saturated carbocycles. The maximum Gasteiger partial charge on any atom is 0.187 e. The predicted molar refractivity (Wildman–Crippen MR) is 151 cm³/mol. The van der Waals surface area contributed by atoms with Gasteiger partial charge in [0, 0.05) is 42.9 Å². The fraction of sp³-hybridized carbons (Fsp3) is 0.429. The molecule has 1 saturated heterocycles. The lowest BCUT2D eigenvalue weighted by Crippen LogP contribution is -2.44. The van der Waals surface area contributed by atoms with E-state index in [-0.39, 0.29) is 0 Å². The average Bonchev–Trinajstić information content (AvgIpc) is 3.48. The molecule has 5 rings (SSSR count). The van der Waals surface area contributed by atoms with Crippen molar-refractivity contribution in [3.05, 3.63) is 52.9 Å². The molecular formula is C28H38N6S. The highest BCUT2D eigenvalue weighted by Crippen LogP contribution is 2.30. The Balaban J connectivity index is 0.000000527. The normalized spacial score (nSPS) is 14.3. The summed E-state index contributed by atoms with van der Waals surface area (Å²) < 4.78 is 0. The first kappa shape index (κ1) is 25.2. The number of nitrogens with zero attached hydrogens (tertiary/aromatic N) is 4. The highest BCUT2D eigenvalue weighted by Gasteiger charge is 2.16. The smallest absolute Gasteiger partial charge is 0.187 e. The minimum Gasteiger partial charge on any atom is -0.369 e. The average molecular weight is 491 g/mol. The van der Waals surface area contributed by atoms with Crippen LogP contribution in [0.25, 0.3) is 22.6 Å². The van der Waals surface area contributed by atoms with Gasteiger partial charge in [0.15, 0.2) is 11.0 Å². The first-order valence-corrected chi connectivity index (χ1v) is 13.4. The zero-order valence-electron chi connectivity index (χ0n) is 21.9. The molecule has 0 amide bonds. The van der Waals surface area contributed by atoms with Crippen LogP contribution in [0.3, 0.4) is 0 Å². The molecule has 3 heterocycles. The van der Waals surface area contributed by atoms with Crippen LogP contribution >= 0.6 is 11.3 Å². The molecule has 0 radical (unpaired) electrons. The minimum atomic E-state index is 0.811. The number of H-pyrrole nitrogens is 1. The third-order valence-corrected chi connectivity index (χ3v) is 7.29. The standard InChI is InChI=1S/C23H26N6S.C5H12/c1-15-4-5-16(2)19(12-15)26-23-27-21(14-30-23)22-24-18-7-6-17(13-20(18)25-22)29-10-8-28(3)9-11-29;1-4-5(2)3/h4-7,12-14H,8-11H2,1-3H3,(H,24,25)(H,26,27);5H,4H2,1-3H3. The van der Waals surface area contributed by atoms with Crippen molar-refractivity contribution in [3.63, 3.8) is 0 Å². The van der Waals surface area contributed by atoms with E-state index in [1.165, 1.54) is 23.2 Å². The van der Waals surface area contributed by atoms with Crippen molar-refractivity contribution in [1.82, 2.24) is 19.9 Å². The van der Waals surface area contributed by atoms with Crippen molar-refractivity contribution in [1.29, 1.82) is 0 Å². The summed E-state index contributed by atoms with van der Waals surface area (Å²) in [6.07, 6.45) is 1.31. The third-order valence-electron chi connectivity index (χ3n) is 6.53. The van der Waals surface area contributed by atoms with Crippen LogP contribution in [0.15, 0.2) is 41.8 Å². The molecular weight excluding hydrogens is 452 g/mol. The molecule has 0 atom stereocenters. The van der Waals surface area contributed by atoms with Gasteiger partial charge in [-0.05, 0) is 62.2 Å². The summed E-state index contributed by atoms with van der Waals surface area (Å²) in [4.78, 5) is 17.8. The highest BCUT2D eigenvalue weighted by atomic mass is 32.1. The number of hydrogen-bond donors (Lipinski definition) is 2. The Morgan fingerprint density at radius 3 is 2.49 bits per heavy atom. The number of hydrogen-bond acceptors (Lipinski definition) is 6. The lowest BCUT2D eigenvalue weighted by atomic mass is 10.1. The van der Waals surface area contributed by atoms with Crippen molar-refractivity contribution in [2.75, 3.05) is 43.4 Å². The molecule has 186 valence electrons.